The van der Waals surface area contributed by atoms with Crippen molar-refractivity contribution in [2.75, 3.05) is 44.8 Å². The Hall–Kier alpha value is -4.02. The number of likely N-dealkylation sites (N-methyl/N-ethyl adjacent to an activating group) is 1. The molecule has 2 heterocycles. The molecule has 0 saturated carbocycles. The van der Waals surface area contributed by atoms with Crippen molar-refractivity contribution in [3.8, 4) is 5.75 Å². The number of amides is 2. The first kappa shape index (κ1) is 24.1. The van der Waals surface area contributed by atoms with Crippen molar-refractivity contribution < 1.29 is 24.0 Å². The van der Waals surface area contributed by atoms with E-state index in [1.165, 1.54) is 11.1 Å². The van der Waals surface area contributed by atoms with Gasteiger partial charge in [-0.25, -0.2) is 14.8 Å². The van der Waals surface area contributed by atoms with E-state index in [1.807, 2.05) is 0 Å². The summed E-state index contributed by atoms with van der Waals surface area (Å²) < 4.78 is 5.18. The summed E-state index contributed by atoms with van der Waals surface area (Å²) in [7, 11) is 1.56. The molecule has 0 radical (unpaired) electrons. The van der Waals surface area contributed by atoms with Gasteiger partial charge in [0.25, 0.3) is 11.8 Å². The van der Waals surface area contributed by atoms with E-state index >= 15 is 0 Å². The Labute approximate surface area is 203 Å². The Bertz CT molecular complexity index is 1140. The highest BCUT2D eigenvalue weighted by molar-refractivity contribution is 6.45. The molecule has 0 spiro atoms. The summed E-state index contributed by atoms with van der Waals surface area (Å²) in [6.45, 7) is 5.41. The van der Waals surface area contributed by atoms with Crippen molar-refractivity contribution in [2.24, 2.45) is 4.99 Å². The molecule has 0 unspecified atom stereocenters. The van der Waals surface area contributed by atoms with Crippen molar-refractivity contribution in [3.05, 3.63) is 71.9 Å². The number of ether oxygens (including phenoxy) is 1. The lowest BCUT2D eigenvalue weighted by molar-refractivity contribution is -0.140. The van der Waals surface area contributed by atoms with E-state index < -0.39 is 17.8 Å². The van der Waals surface area contributed by atoms with Crippen molar-refractivity contribution in [1.82, 2.24) is 15.4 Å². The molecule has 10 heteroatoms. The number of aliphatic imine (C=N–C) groups is 1. The summed E-state index contributed by atoms with van der Waals surface area (Å²) in [4.78, 5) is 51.9. The number of hydrogen-bond acceptors (Lipinski definition) is 8. The van der Waals surface area contributed by atoms with E-state index in [4.69, 9.17) is 9.57 Å². The van der Waals surface area contributed by atoms with Crippen molar-refractivity contribution in [3.63, 3.8) is 0 Å². The average molecular weight is 478 g/mol. The smallest absolute Gasteiger partial charge is 0.376 e. The molecule has 0 aromatic heterocycles. The second-order valence-corrected chi connectivity index (χ2v) is 7.94. The first-order valence-electron chi connectivity index (χ1n) is 11.3. The van der Waals surface area contributed by atoms with E-state index in [0.29, 0.717) is 30.1 Å². The van der Waals surface area contributed by atoms with Crippen LogP contribution in [0.2, 0.25) is 0 Å². The third kappa shape index (κ3) is 5.56. The zero-order valence-corrected chi connectivity index (χ0v) is 19.6. The van der Waals surface area contributed by atoms with Gasteiger partial charge in [0.2, 0.25) is 0 Å². The van der Waals surface area contributed by atoms with Gasteiger partial charge in [0, 0.05) is 37.8 Å². The molecule has 2 amide bonds. The van der Waals surface area contributed by atoms with E-state index in [9.17, 15) is 14.4 Å². The Balaban J connectivity index is 1.68. The fraction of sp³-hybridized carbons (Fsp3) is 0.280. The van der Waals surface area contributed by atoms with Crippen molar-refractivity contribution in [1.29, 1.82) is 0 Å². The highest BCUT2D eigenvalue weighted by atomic mass is 16.7. The summed E-state index contributed by atoms with van der Waals surface area (Å²) in [6.07, 6.45) is 1.29. The predicted octanol–water partition coefficient (Wildman–Crippen LogP) is 1.81. The van der Waals surface area contributed by atoms with Crippen LogP contribution in [-0.4, -0.2) is 73.1 Å². The van der Waals surface area contributed by atoms with E-state index in [-0.39, 0.29) is 11.4 Å². The zero-order chi connectivity index (χ0) is 24.8. The zero-order valence-electron chi connectivity index (χ0n) is 19.6. The number of nitrogens with zero attached hydrogens (tertiary/aromatic N) is 4. The van der Waals surface area contributed by atoms with Gasteiger partial charge in [-0.1, -0.05) is 30.7 Å². The first-order valence-corrected chi connectivity index (χ1v) is 11.3. The highest BCUT2D eigenvalue weighted by Gasteiger charge is 2.32. The summed E-state index contributed by atoms with van der Waals surface area (Å²) >= 11 is 0. The number of hydrazine groups is 1. The second-order valence-electron chi connectivity index (χ2n) is 7.94. The molecule has 4 rings (SSSR count). The third-order valence-electron chi connectivity index (χ3n) is 5.85. The van der Waals surface area contributed by atoms with Gasteiger partial charge < -0.3 is 19.4 Å². The summed E-state index contributed by atoms with van der Waals surface area (Å²) in [5.41, 5.74) is 3.33. The maximum Gasteiger partial charge on any atom is 0.376 e. The molecule has 182 valence electrons. The Morgan fingerprint density at radius 3 is 2.37 bits per heavy atom. The van der Waals surface area contributed by atoms with Crippen LogP contribution in [0.3, 0.4) is 0 Å². The van der Waals surface area contributed by atoms with Crippen molar-refractivity contribution >= 4 is 29.2 Å². The maximum absolute atomic E-state index is 13.5. The fourth-order valence-electron chi connectivity index (χ4n) is 3.78. The van der Waals surface area contributed by atoms with E-state index in [2.05, 4.69) is 22.4 Å². The molecule has 0 aliphatic carbocycles. The molecule has 0 atom stereocenters. The number of carbonyl (C=O) groups is 3. The van der Waals surface area contributed by atoms with Gasteiger partial charge in [0.1, 0.15) is 11.5 Å². The van der Waals surface area contributed by atoms with Gasteiger partial charge in [-0.15, -0.1) is 0 Å². The Morgan fingerprint density at radius 1 is 1.06 bits per heavy atom. The van der Waals surface area contributed by atoms with Gasteiger partial charge in [0.15, 0.2) is 5.70 Å². The quantitative estimate of drug-likeness (QED) is 0.496. The third-order valence-corrected chi connectivity index (χ3v) is 5.85. The summed E-state index contributed by atoms with van der Waals surface area (Å²) in [5, 5.41) is 1.38. The van der Waals surface area contributed by atoms with Crippen LogP contribution in [0.5, 0.6) is 5.75 Å². The van der Waals surface area contributed by atoms with Gasteiger partial charge in [-0.3, -0.25) is 9.59 Å². The normalized spacial score (nSPS) is 18.1. The molecule has 2 saturated heterocycles. The Kier molecular flexibility index (Phi) is 7.54. The van der Waals surface area contributed by atoms with Crippen LogP contribution in [0.4, 0.5) is 5.69 Å². The van der Waals surface area contributed by atoms with Gasteiger partial charge in [-0.2, -0.15) is 0 Å². The number of methoxy groups -OCH3 is 1. The average Bonchev–Trinajstić information content (AvgIpc) is 3.28. The largest absolute Gasteiger partial charge is 0.497 e. The minimum Gasteiger partial charge on any atom is -0.497 e. The highest BCUT2D eigenvalue weighted by Crippen LogP contribution is 2.24. The van der Waals surface area contributed by atoms with Crippen LogP contribution in [0.15, 0.2) is 71.4 Å². The minimum atomic E-state index is -0.704. The molecular formula is C25H27N5O5. The van der Waals surface area contributed by atoms with Crippen molar-refractivity contribution in [2.45, 2.75) is 6.92 Å². The number of rotatable bonds is 6. The molecule has 1 N–H and O–H groups in total. The lowest BCUT2D eigenvalue weighted by atomic mass is 10.2. The maximum atomic E-state index is 13.5. The standard InChI is InChI=1S/C25H27N5O5/c1-3-28-13-15-29(16-14-28)24(32)21(26-23(31)18-7-5-4-6-8-18)17-22-25(33)35-27-30(22)19-9-11-20(34-2)12-10-19/h4-12,17,27H,3,13-16H2,1-2H3/b22-17+,26-21?. The minimum absolute atomic E-state index is 0.0234. The lowest BCUT2D eigenvalue weighted by Gasteiger charge is -2.34. The van der Waals surface area contributed by atoms with Crippen LogP contribution in [-0.2, 0) is 14.4 Å². The fourth-order valence-corrected chi connectivity index (χ4v) is 3.78. The molecule has 2 aliphatic rings. The second kappa shape index (κ2) is 10.9. The number of carbonyl (C=O) groups excluding carboxylic acids is 3. The molecule has 0 bridgehead atoms. The number of nitrogens with one attached hydrogen (secondary N) is 1. The van der Waals surface area contributed by atoms with E-state index in [1.54, 1.807) is 66.6 Å². The molecular weight excluding hydrogens is 450 g/mol. The molecule has 2 aromatic carbocycles. The van der Waals surface area contributed by atoms with Gasteiger partial charge in [-0.05, 0) is 42.9 Å². The molecule has 35 heavy (non-hydrogen) atoms. The topological polar surface area (TPSA) is 104 Å². The monoisotopic (exact) mass is 477 g/mol. The van der Waals surface area contributed by atoms with Gasteiger partial charge >= 0.3 is 5.97 Å². The molecule has 2 aliphatic heterocycles. The van der Waals surface area contributed by atoms with Crippen LogP contribution in [0.1, 0.15) is 17.3 Å². The van der Waals surface area contributed by atoms with Crippen LogP contribution in [0.25, 0.3) is 0 Å². The van der Waals surface area contributed by atoms with Crippen LogP contribution < -0.4 is 15.3 Å². The van der Waals surface area contributed by atoms with Crippen LogP contribution in [0, 0.1) is 0 Å². The molecule has 10 nitrogen and oxygen atoms in total. The molecule has 2 aromatic rings. The number of piperazine rings is 1. The first-order chi connectivity index (χ1) is 17.0. The predicted molar refractivity (Wildman–Crippen MR) is 130 cm³/mol. The lowest BCUT2D eigenvalue weighted by Crippen LogP contribution is -2.50. The Morgan fingerprint density at radius 2 is 1.74 bits per heavy atom. The SMILES string of the molecule is CCN1CCN(C(=O)C(/C=C2\C(=O)ONN2c2ccc(OC)cc2)=NC(=O)c2ccccc2)CC1. The summed E-state index contributed by atoms with van der Waals surface area (Å²) in [6, 6.07) is 15.4. The van der Waals surface area contributed by atoms with Crippen LogP contribution >= 0.6 is 0 Å². The molecule has 2 fully saturated rings. The van der Waals surface area contributed by atoms with E-state index in [0.717, 1.165) is 19.6 Å². The number of hydrogen-bond donors (Lipinski definition) is 1. The summed E-state index contributed by atoms with van der Waals surface area (Å²) in [5.74, 6) is -1.06. The number of benzene rings is 2. The van der Waals surface area contributed by atoms with Gasteiger partial charge in [0.05, 0.1) is 12.8 Å². The number of anilines is 1.